The zero-order valence-electron chi connectivity index (χ0n) is 13.1. The molecule has 0 radical (unpaired) electrons. The molecule has 1 saturated carbocycles. The molecule has 1 aromatic rings. The lowest BCUT2D eigenvalue weighted by Crippen LogP contribution is -2.45. The molecule has 1 aromatic carbocycles. The van der Waals surface area contributed by atoms with Crippen molar-refractivity contribution < 1.29 is 5.11 Å². The molecule has 1 N–H and O–H groups in total. The van der Waals surface area contributed by atoms with Crippen LogP contribution in [0.25, 0.3) is 0 Å². The smallest absolute Gasteiger partial charge is 0.0713 e. The van der Waals surface area contributed by atoms with E-state index >= 15 is 0 Å². The van der Waals surface area contributed by atoms with Crippen molar-refractivity contribution in [2.24, 2.45) is 11.3 Å². The van der Waals surface area contributed by atoms with Crippen molar-refractivity contribution in [1.29, 1.82) is 0 Å². The predicted molar refractivity (Wildman–Crippen MR) is 81.4 cm³/mol. The SMILES string of the molecule is Cc1ccc(CC2(O)CCC(C)(C)CC2C)cc1C. The second kappa shape index (κ2) is 4.94. The van der Waals surface area contributed by atoms with E-state index in [4.69, 9.17) is 0 Å². The first-order valence-corrected chi connectivity index (χ1v) is 7.50. The van der Waals surface area contributed by atoms with Gasteiger partial charge in [0.1, 0.15) is 0 Å². The van der Waals surface area contributed by atoms with Crippen LogP contribution in [0.5, 0.6) is 0 Å². The largest absolute Gasteiger partial charge is 0.389 e. The van der Waals surface area contributed by atoms with Crippen molar-refractivity contribution in [1.82, 2.24) is 0 Å². The molecule has 0 saturated heterocycles. The van der Waals surface area contributed by atoms with Gasteiger partial charge in [0.2, 0.25) is 0 Å². The average molecular weight is 260 g/mol. The highest BCUT2D eigenvalue weighted by molar-refractivity contribution is 5.31. The van der Waals surface area contributed by atoms with Crippen molar-refractivity contribution in [2.75, 3.05) is 0 Å². The summed E-state index contributed by atoms with van der Waals surface area (Å²) in [5.41, 5.74) is 3.79. The zero-order chi connectivity index (χ0) is 14.3. The van der Waals surface area contributed by atoms with Gasteiger partial charge in [0.25, 0.3) is 0 Å². The number of aryl methyl sites for hydroxylation is 2. The van der Waals surface area contributed by atoms with E-state index in [2.05, 4.69) is 52.8 Å². The molecule has 0 aromatic heterocycles. The Morgan fingerprint density at radius 1 is 1.16 bits per heavy atom. The minimum Gasteiger partial charge on any atom is -0.389 e. The summed E-state index contributed by atoms with van der Waals surface area (Å²) in [7, 11) is 0. The van der Waals surface area contributed by atoms with Crippen LogP contribution in [0.1, 0.15) is 56.7 Å². The van der Waals surface area contributed by atoms with Crippen LogP contribution in [-0.2, 0) is 6.42 Å². The van der Waals surface area contributed by atoms with E-state index < -0.39 is 5.60 Å². The molecule has 1 fully saturated rings. The summed E-state index contributed by atoms with van der Waals surface area (Å²) in [4.78, 5) is 0. The number of hydrogen-bond donors (Lipinski definition) is 1. The van der Waals surface area contributed by atoms with E-state index in [1.54, 1.807) is 0 Å². The Balaban J connectivity index is 2.15. The molecule has 0 aliphatic heterocycles. The fourth-order valence-corrected chi connectivity index (χ4v) is 3.45. The minimum absolute atomic E-state index is 0.373. The molecule has 1 aliphatic carbocycles. The summed E-state index contributed by atoms with van der Waals surface area (Å²) in [6.07, 6.45) is 3.96. The lowest BCUT2D eigenvalue weighted by atomic mass is 9.64. The third-order valence-corrected chi connectivity index (χ3v) is 5.09. The Morgan fingerprint density at radius 3 is 2.42 bits per heavy atom. The molecule has 1 nitrogen and oxygen atoms in total. The van der Waals surface area contributed by atoms with Crippen molar-refractivity contribution in [2.45, 2.75) is 65.9 Å². The van der Waals surface area contributed by atoms with E-state index in [0.29, 0.717) is 11.3 Å². The third kappa shape index (κ3) is 3.20. The maximum Gasteiger partial charge on any atom is 0.0713 e. The second-order valence-corrected chi connectivity index (χ2v) is 7.47. The second-order valence-electron chi connectivity index (χ2n) is 7.47. The van der Waals surface area contributed by atoms with Gasteiger partial charge in [0, 0.05) is 6.42 Å². The zero-order valence-corrected chi connectivity index (χ0v) is 13.1. The summed E-state index contributed by atoms with van der Waals surface area (Å²) >= 11 is 0. The minimum atomic E-state index is -0.517. The molecule has 2 rings (SSSR count). The molecule has 2 atom stereocenters. The lowest BCUT2D eigenvalue weighted by molar-refractivity contribution is -0.0704. The summed E-state index contributed by atoms with van der Waals surface area (Å²) in [6, 6.07) is 6.58. The van der Waals surface area contributed by atoms with Crippen LogP contribution < -0.4 is 0 Å². The summed E-state index contributed by atoms with van der Waals surface area (Å²) in [6.45, 7) is 11.1. The summed E-state index contributed by atoms with van der Waals surface area (Å²) in [5.74, 6) is 0.373. The van der Waals surface area contributed by atoms with Crippen LogP contribution in [-0.4, -0.2) is 10.7 Å². The van der Waals surface area contributed by atoms with Crippen molar-refractivity contribution in [3.8, 4) is 0 Å². The van der Waals surface area contributed by atoms with Gasteiger partial charge in [-0.25, -0.2) is 0 Å². The Morgan fingerprint density at radius 2 is 1.84 bits per heavy atom. The number of aliphatic hydroxyl groups is 1. The molecule has 0 heterocycles. The normalized spacial score (nSPS) is 30.3. The third-order valence-electron chi connectivity index (χ3n) is 5.09. The molecule has 0 bridgehead atoms. The van der Waals surface area contributed by atoms with E-state index in [1.165, 1.54) is 16.7 Å². The van der Waals surface area contributed by atoms with Gasteiger partial charge < -0.3 is 5.11 Å². The summed E-state index contributed by atoms with van der Waals surface area (Å²) in [5, 5.41) is 11.0. The van der Waals surface area contributed by atoms with Gasteiger partial charge in [-0.05, 0) is 61.1 Å². The molecule has 2 unspecified atom stereocenters. The van der Waals surface area contributed by atoms with Crippen molar-refractivity contribution >= 4 is 0 Å². The number of rotatable bonds is 2. The first-order valence-electron chi connectivity index (χ1n) is 7.50. The van der Waals surface area contributed by atoms with Crippen LogP contribution in [0.3, 0.4) is 0 Å². The number of benzene rings is 1. The fourth-order valence-electron chi connectivity index (χ4n) is 3.45. The quantitative estimate of drug-likeness (QED) is 0.834. The Hall–Kier alpha value is -0.820. The molecule has 1 aliphatic rings. The Labute approximate surface area is 118 Å². The fraction of sp³-hybridized carbons (Fsp3) is 0.667. The highest BCUT2D eigenvalue weighted by atomic mass is 16.3. The van der Waals surface area contributed by atoms with Crippen LogP contribution >= 0.6 is 0 Å². The Bertz CT molecular complexity index is 461. The maximum atomic E-state index is 11.0. The predicted octanol–water partition coefficient (Wildman–Crippen LogP) is 4.42. The molecular formula is C18H28O. The molecule has 0 spiro atoms. The average Bonchev–Trinajstić information content (AvgIpc) is 2.30. The van der Waals surface area contributed by atoms with Crippen molar-refractivity contribution in [3.05, 3.63) is 34.9 Å². The summed E-state index contributed by atoms with van der Waals surface area (Å²) < 4.78 is 0. The first kappa shape index (κ1) is 14.6. The van der Waals surface area contributed by atoms with Gasteiger partial charge in [0.15, 0.2) is 0 Å². The van der Waals surface area contributed by atoms with E-state index in [1.807, 2.05) is 0 Å². The monoisotopic (exact) mass is 260 g/mol. The first-order chi connectivity index (χ1) is 8.72. The molecule has 19 heavy (non-hydrogen) atoms. The van der Waals surface area contributed by atoms with Crippen LogP contribution in [0.4, 0.5) is 0 Å². The molecule has 106 valence electrons. The van der Waals surface area contributed by atoms with E-state index in [-0.39, 0.29) is 0 Å². The van der Waals surface area contributed by atoms with E-state index in [0.717, 1.165) is 25.7 Å². The topological polar surface area (TPSA) is 20.2 Å². The Kier molecular flexibility index (Phi) is 3.79. The van der Waals surface area contributed by atoms with Gasteiger partial charge in [-0.3, -0.25) is 0 Å². The molecule has 0 amide bonds. The standard InChI is InChI=1S/C18H28O/c1-13-6-7-16(10-14(13)2)12-18(19)9-8-17(4,5)11-15(18)3/h6-7,10,15,19H,8-9,11-12H2,1-5H3. The lowest BCUT2D eigenvalue weighted by Gasteiger charge is -2.45. The number of hydrogen-bond acceptors (Lipinski definition) is 1. The highest BCUT2D eigenvalue weighted by Crippen LogP contribution is 2.45. The van der Waals surface area contributed by atoms with Gasteiger partial charge in [-0.15, -0.1) is 0 Å². The maximum absolute atomic E-state index is 11.0. The van der Waals surface area contributed by atoms with Gasteiger partial charge >= 0.3 is 0 Å². The van der Waals surface area contributed by atoms with Crippen LogP contribution in [0, 0.1) is 25.2 Å². The molecule has 1 heteroatoms. The highest BCUT2D eigenvalue weighted by Gasteiger charge is 2.42. The van der Waals surface area contributed by atoms with Gasteiger partial charge in [-0.2, -0.15) is 0 Å². The van der Waals surface area contributed by atoms with Crippen molar-refractivity contribution in [3.63, 3.8) is 0 Å². The van der Waals surface area contributed by atoms with Crippen LogP contribution in [0.15, 0.2) is 18.2 Å². The van der Waals surface area contributed by atoms with Gasteiger partial charge in [0.05, 0.1) is 5.60 Å². The van der Waals surface area contributed by atoms with E-state index in [9.17, 15) is 5.11 Å². The van der Waals surface area contributed by atoms with Gasteiger partial charge in [-0.1, -0.05) is 39.0 Å². The van der Waals surface area contributed by atoms with Crippen LogP contribution in [0.2, 0.25) is 0 Å². The molecular weight excluding hydrogens is 232 g/mol.